The van der Waals surface area contributed by atoms with Crippen molar-refractivity contribution in [3.63, 3.8) is 0 Å². The van der Waals surface area contributed by atoms with Gasteiger partial charge < -0.3 is 4.74 Å². The SMILES string of the molecule is COc1ncnc(C(C)C)c1C(F)(F)F. The lowest BCUT2D eigenvalue weighted by atomic mass is 10.0. The van der Waals surface area contributed by atoms with Crippen molar-refractivity contribution in [1.29, 1.82) is 0 Å². The highest BCUT2D eigenvalue weighted by atomic mass is 19.4. The zero-order chi connectivity index (χ0) is 11.6. The average molecular weight is 220 g/mol. The first-order valence-corrected chi connectivity index (χ1v) is 4.34. The van der Waals surface area contributed by atoms with Crippen LogP contribution < -0.4 is 4.74 Å². The number of aromatic nitrogens is 2. The molecular weight excluding hydrogens is 209 g/mol. The van der Waals surface area contributed by atoms with Crippen molar-refractivity contribution in [3.05, 3.63) is 17.6 Å². The summed E-state index contributed by atoms with van der Waals surface area (Å²) >= 11 is 0. The molecule has 0 spiro atoms. The summed E-state index contributed by atoms with van der Waals surface area (Å²) in [5, 5.41) is 0. The standard InChI is InChI=1S/C9H11F3N2O/c1-5(2)7-6(9(10,11)12)8(15-3)14-4-13-7/h4-5H,1-3H3. The minimum absolute atomic E-state index is 0.0469. The summed E-state index contributed by atoms with van der Waals surface area (Å²) in [7, 11) is 1.15. The van der Waals surface area contributed by atoms with E-state index in [-0.39, 0.29) is 11.6 Å². The molecule has 6 heteroatoms. The third-order valence-corrected chi connectivity index (χ3v) is 1.87. The summed E-state index contributed by atoms with van der Waals surface area (Å²) < 4.78 is 42.7. The normalized spacial score (nSPS) is 11.9. The fourth-order valence-corrected chi connectivity index (χ4v) is 1.24. The number of halogens is 3. The molecule has 0 aromatic carbocycles. The van der Waals surface area contributed by atoms with Crippen molar-refractivity contribution in [2.75, 3.05) is 7.11 Å². The molecule has 0 fully saturated rings. The molecule has 15 heavy (non-hydrogen) atoms. The third-order valence-electron chi connectivity index (χ3n) is 1.87. The van der Waals surface area contributed by atoms with Gasteiger partial charge >= 0.3 is 6.18 Å². The van der Waals surface area contributed by atoms with Gasteiger partial charge in [0, 0.05) is 0 Å². The lowest BCUT2D eigenvalue weighted by Crippen LogP contribution is -2.14. The second-order valence-electron chi connectivity index (χ2n) is 3.30. The van der Waals surface area contributed by atoms with E-state index in [2.05, 4.69) is 14.7 Å². The summed E-state index contributed by atoms with van der Waals surface area (Å²) in [6.45, 7) is 3.27. The van der Waals surface area contributed by atoms with Crippen molar-refractivity contribution in [2.24, 2.45) is 0 Å². The van der Waals surface area contributed by atoms with E-state index in [4.69, 9.17) is 0 Å². The largest absolute Gasteiger partial charge is 0.480 e. The molecule has 3 nitrogen and oxygen atoms in total. The molecule has 0 atom stereocenters. The maximum atomic E-state index is 12.7. The molecule has 0 radical (unpaired) electrons. The van der Waals surface area contributed by atoms with Gasteiger partial charge in [0.25, 0.3) is 0 Å². The molecule has 0 saturated carbocycles. The van der Waals surface area contributed by atoms with E-state index >= 15 is 0 Å². The lowest BCUT2D eigenvalue weighted by Gasteiger charge is -2.16. The molecule has 0 unspecified atom stereocenters. The molecule has 0 saturated heterocycles. The summed E-state index contributed by atoms with van der Waals surface area (Å²) in [6.07, 6.45) is -3.42. The Kier molecular flexibility index (Phi) is 3.16. The van der Waals surface area contributed by atoms with E-state index in [1.807, 2.05) is 0 Å². The van der Waals surface area contributed by atoms with Gasteiger partial charge in [0.05, 0.1) is 12.8 Å². The Morgan fingerprint density at radius 3 is 2.27 bits per heavy atom. The van der Waals surface area contributed by atoms with Gasteiger partial charge in [0.2, 0.25) is 5.88 Å². The number of nitrogens with zero attached hydrogens (tertiary/aromatic N) is 2. The zero-order valence-corrected chi connectivity index (χ0v) is 8.59. The predicted octanol–water partition coefficient (Wildman–Crippen LogP) is 2.63. The van der Waals surface area contributed by atoms with Crippen molar-refractivity contribution >= 4 is 0 Å². The minimum Gasteiger partial charge on any atom is -0.480 e. The highest BCUT2D eigenvalue weighted by Crippen LogP contribution is 2.38. The topological polar surface area (TPSA) is 35.0 Å². The molecule has 84 valence electrons. The van der Waals surface area contributed by atoms with Crippen LogP contribution in [0, 0.1) is 0 Å². The Labute approximate surface area is 85.3 Å². The molecule has 1 heterocycles. The highest BCUT2D eigenvalue weighted by molar-refractivity contribution is 5.34. The number of rotatable bonds is 2. The van der Waals surface area contributed by atoms with Crippen LogP contribution in [0.3, 0.4) is 0 Å². The van der Waals surface area contributed by atoms with E-state index in [1.165, 1.54) is 0 Å². The zero-order valence-electron chi connectivity index (χ0n) is 8.59. The van der Waals surface area contributed by atoms with Crippen molar-refractivity contribution in [2.45, 2.75) is 25.9 Å². The monoisotopic (exact) mass is 220 g/mol. The first-order chi connectivity index (χ1) is 6.88. The van der Waals surface area contributed by atoms with Crippen molar-refractivity contribution < 1.29 is 17.9 Å². The van der Waals surface area contributed by atoms with Crippen molar-refractivity contribution in [3.8, 4) is 5.88 Å². The van der Waals surface area contributed by atoms with Crippen molar-refractivity contribution in [1.82, 2.24) is 9.97 Å². The average Bonchev–Trinajstić information content (AvgIpc) is 2.15. The summed E-state index contributed by atoms with van der Waals surface area (Å²) in [5.41, 5.74) is -0.933. The van der Waals surface area contributed by atoms with Crippen LogP contribution in [0.15, 0.2) is 6.33 Å². The van der Waals surface area contributed by atoms with E-state index in [1.54, 1.807) is 13.8 Å². The number of alkyl halides is 3. The highest BCUT2D eigenvalue weighted by Gasteiger charge is 2.39. The summed E-state index contributed by atoms with van der Waals surface area (Å²) in [5.74, 6) is -0.764. The molecule has 1 rings (SSSR count). The fraction of sp³-hybridized carbons (Fsp3) is 0.556. The smallest absolute Gasteiger partial charge is 0.423 e. The van der Waals surface area contributed by atoms with Gasteiger partial charge in [-0.05, 0) is 5.92 Å². The molecule has 0 amide bonds. The molecule has 0 aliphatic carbocycles. The van der Waals surface area contributed by atoms with Gasteiger partial charge in [-0.2, -0.15) is 13.2 Å². The molecule has 0 N–H and O–H groups in total. The van der Waals surface area contributed by atoms with Crippen LogP contribution in [0.25, 0.3) is 0 Å². The van der Waals surface area contributed by atoms with Crippen LogP contribution in [0.2, 0.25) is 0 Å². The minimum atomic E-state index is -4.49. The number of hydrogen-bond acceptors (Lipinski definition) is 3. The Balaban J connectivity index is 3.41. The lowest BCUT2D eigenvalue weighted by molar-refractivity contribution is -0.140. The Hall–Kier alpha value is -1.33. The maximum Gasteiger partial charge on any atom is 0.423 e. The van der Waals surface area contributed by atoms with Gasteiger partial charge in [-0.25, -0.2) is 9.97 Å². The maximum absolute atomic E-state index is 12.7. The molecule has 0 aliphatic rings. The first-order valence-electron chi connectivity index (χ1n) is 4.34. The van der Waals surface area contributed by atoms with Crippen LogP contribution in [-0.4, -0.2) is 17.1 Å². The van der Waals surface area contributed by atoms with E-state index in [0.29, 0.717) is 0 Å². The van der Waals surface area contributed by atoms with Crippen LogP contribution in [-0.2, 0) is 6.18 Å². The van der Waals surface area contributed by atoms with Gasteiger partial charge in [0.1, 0.15) is 11.9 Å². The second kappa shape index (κ2) is 4.04. The van der Waals surface area contributed by atoms with Gasteiger partial charge in [-0.3, -0.25) is 0 Å². The number of hydrogen-bond donors (Lipinski definition) is 0. The molecule has 0 bridgehead atoms. The third kappa shape index (κ3) is 2.37. The second-order valence-corrected chi connectivity index (χ2v) is 3.30. The Morgan fingerprint density at radius 2 is 1.87 bits per heavy atom. The predicted molar refractivity (Wildman–Crippen MR) is 47.7 cm³/mol. The van der Waals surface area contributed by atoms with Gasteiger partial charge in [0.15, 0.2) is 0 Å². The molecule has 0 aliphatic heterocycles. The van der Waals surface area contributed by atoms with Crippen LogP contribution in [0.4, 0.5) is 13.2 Å². The Morgan fingerprint density at radius 1 is 1.27 bits per heavy atom. The first kappa shape index (κ1) is 11.7. The van der Waals surface area contributed by atoms with Crippen LogP contribution >= 0.6 is 0 Å². The molecule has 1 aromatic heterocycles. The molecule has 1 aromatic rings. The van der Waals surface area contributed by atoms with Gasteiger partial charge in [-0.1, -0.05) is 13.8 Å². The van der Waals surface area contributed by atoms with Crippen LogP contribution in [0.1, 0.15) is 31.0 Å². The quantitative estimate of drug-likeness (QED) is 0.768. The van der Waals surface area contributed by atoms with E-state index in [0.717, 1.165) is 13.4 Å². The molecular formula is C9H11F3N2O. The van der Waals surface area contributed by atoms with E-state index < -0.39 is 17.6 Å². The Bertz CT molecular complexity index is 350. The summed E-state index contributed by atoms with van der Waals surface area (Å²) in [6, 6.07) is 0. The van der Waals surface area contributed by atoms with Crippen LogP contribution in [0.5, 0.6) is 5.88 Å². The van der Waals surface area contributed by atoms with E-state index in [9.17, 15) is 13.2 Å². The number of methoxy groups -OCH3 is 1. The number of ether oxygens (including phenoxy) is 1. The summed E-state index contributed by atoms with van der Waals surface area (Å²) in [4.78, 5) is 7.10. The van der Waals surface area contributed by atoms with Gasteiger partial charge in [-0.15, -0.1) is 0 Å². The fourth-order valence-electron chi connectivity index (χ4n) is 1.24.